The summed E-state index contributed by atoms with van der Waals surface area (Å²) in [6, 6.07) is 14.1. The van der Waals surface area contributed by atoms with E-state index in [2.05, 4.69) is 5.32 Å². The Morgan fingerprint density at radius 3 is 2.44 bits per heavy atom. The van der Waals surface area contributed by atoms with E-state index >= 15 is 0 Å². The van der Waals surface area contributed by atoms with E-state index in [0.29, 0.717) is 17.9 Å². The summed E-state index contributed by atoms with van der Waals surface area (Å²) < 4.78 is 10.8. The molecule has 0 spiro atoms. The molecule has 2 aromatic carbocycles. The third-order valence-electron chi connectivity index (χ3n) is 3.53. The van der Waals surface area contributed by atoms with Crippen LogP contribution in [0.1, 0.15) is 43.1 Å². The van der Waals surface area contributed by atoms with Gasteiger partial charge < -0.3 is 14.8 Å². The molecule has 142 valence electrons. The number of para-hydroxylation sites is 1. The molecule has 0 bridgehead atoms. The minimum absolute atomic E-state index is 0.175. The second-order valence-electron chi connectivity index (χ2n) is 6.24. The van der Waals surface area contributed by atoms with E-state index in [-0.39, 0.29) is 18.0 Å². The van der Waals surface area contributed by atoms with Crippen molar-refractivity contribution in [3.05, 3.63) is 65.7 Å². The maximum absolute atomic E-state index is 12.1. The molecule has 0 aliphatic rings. The molecule has 0 atom stereocenters. The van der Waals surface area contributed by atoms with Gasteiger partial charge >= 0.3 is 5.97 Å². The lowest BCUT2D eigenvalue weighted by molar-refractivity contribution is -0.111. The topological polar surface area (TPSA) is 64.6 Å². The van der Waals surface area contributed by atoms with Crippen LogP contribution in [-0.2, 0) is 9.53 Å². The van der Waals surface area contributed by atoms with E-state index in [9.17, 15) is 9.59 Å². The Kier molecular flexibility index (Phi) is 7.62. The van der Waals surface area contributed by atoms with Crippen molar-refractivity contribution in [3.63, 3.8) is 0 Å². The highest BCUT2D eigenvalue weighted by atomic mass is 16.5. The first-order chi connectivity index (χ1) is 13.0. The highest BCUT2D eigenvalue weighted by Gasteiger charge is 2.09. The Labute approximate surface area is 160 Å². The zero-order valence-electron chi connectivity index (χ0n) is 15.9. The number of hydrogen-bond acceptors (Lipinski definition) is 4. The van der Waals surface area contributed by atoms with Gasteiger partial charge in [-0.25, -0.2) is 4.79 Å². The maximum Gasteiger partial charge on any atom is 0.338 e. The summed E-state index contributed by atoms with van der Waals surface area (Å²) >= 11 is 0. The summed E-state index contributed by atoms with van der Waals surface area (Å²) in [6.45, 7) is 6.26. The van der Waals surface area contributed by atoms with Crippen molar-refractivity contribution in [1.82, 2.24) is 0 Å². The smallest absolute Gasteiger partial charge is 0.338 e. The monoisotopic (exact) mass is 367 g/mol. The number of ether oxygens (including phenoxy) is 2. The average molecular weight is 367 g/mol. The summed E-state index contributed by atoms with van der Waals surface area (Å²) in [6.07, 6.45) is 3.91. The van der Waals surface area contributed by atoms with Crippen LogP contribution >= 0.6 is 0 Å². The van der Waals surface area contributed by atoms with Crippen LogP contribution in [0.25, 0.3) is 6.08 Å². The highest BCUT2D eigenvalue weighted by molar-refractivity contribution is 6.02. The Morgan fingerprint density at radius 1 is 1.07 bits per heavy atom. The van der Waals surface area contributed by atoms with Gasteiger partial charge in [0.25, 0.3) is 0 Å². The molecule has 2 rings (SSSR count). The summed E-state index contributed by atoms with van der Waals surface area (Å²) in [4.78, 5) is 24.0. The zero-order valence-corrected chi connectivity index (χ0v) is 15.9. The van der Waals surface area contributed by atoms with E-state index in [1.54, 1.807) is 44.2 Å². The molecule has 0 radical (unpaired) electrons. The molecular weight excluding hydrogens is 342 g/mol. The van der Waals surface area contributed by atoms with E-state index in [1.165, 1.54) is 6.08 Å². The average Bonchev–Trinajstić information content (AvgIpc) is 2.65. The van der Waals surface area contributed by atoms with Crippen LogP contribution in [0.3, 0.4) is 0 Å². The lowest BCUT2D eigenvalue weighted by Gasteiger charge is -2.09. The molecule has 5 nitrogen and oxygen atoms in total. The molecule has 0 fully saturated rings. The molecule has 0 unspecified atom stereocenters. The molecule has 1 amide bonds. The van der Waals surface area contributed by atoms with Gasteiger partial charge in [0, 0.05) is 17.3 Å². The van der Waals surface area contributed by atoms with Gasteiger partial charge in [-0.3, -0.25) is 4.79 Å². The number of carbonyl (C=O) groups excluding carboxylic acids is 2. The molecule has 0 saturated carbocycles. The number of amides is 1. The Morgan fingerprint density at radius 2 is 1.78 bits per heavy atom. The van der Waals surface area contributed by atoms with Crippen LogP contribution in [-0.4, -0.2) is 24.6 Å². The third-order valence-corrected chi connectivity index (χ3v) is 3.53. The van der Waals surface area contributed by atoms with Gasteiger partial charge in [0.15, 0.2) is 0 Å². The maximum atomic E-state index is 12.1. The predicted molar refractivity (Wildman–Crippen MR) is 107 cm³/mol. The SMILES string of the molecule is CCCOc1ccccc1C=CC(=O)Nc1ccc(C(=O)OC(C)C)cc1. The normalized spacial score (nSPS) is 10.8. The first-order valence-electron chi connectivity index (χ1n) is 9.01. The van der Waals surface area contributed by atoms with Gasteiger partial charge in [-0.15, -0.1) is 0 Å². The molecule has 0 aliphatic heterocycles. The van der Waals surface area contributed by atoms with Crippen molar-refractivity contribution in [1.29, 1.82) is 0 Å². The van der Waals surface area contributed by atoms with E-state index in [1.807, 2.05) is 31.2 Å². The van der Waals surface area contributed by atoms with Crippen molar-refractivity contribution < 1.29 is 19.1 Å². The van der Waals surface area contributed by atoms with Gasteiger partial charge in [0.2, 0.25) is 5.91 Å². The minimum atomic E-state index is -0.383. The fourth-order valence-electron chi connectivity index (χ4n) is 2.28. The zero-order chi connectivity index (χ0) is 19.6. The van der Waals surface area contributed by atoms with Gasteiger partial charge in [0.05, 0.1) is 18.3 Å². The third kappa shape index (κ3) is 6.62. The molecule has 27 heavy (non-hydrogen) atoms. The number of rotatable bonds is 8. The van der Waals surface area contributed by atoms with E-state index in [4.69, 9.17) is 9.47 Å². The lowest BCUT2D eigenvalue weighted by Crippen LogP contribution is -2.12. The van der Waals surface area contributed by atoms with Crippen molar-refractivity contribution in [2.75, 3.05) is 11.9 Å². The van der Waals surface area contributed by atoms with E-state index < -0.39 is 0 Å². The second-order valence-corrected chi connectivity index (χ2v) is 6.24. The van der Waals surface area contributed by atoms with Crippen LogP contribution in [0.15, 0.2) is 54.6 Å². The van der Waals surface area contributed by atoms with Crippen molar-refractivity contribution in [3.8, 4) is 5.75 Å². The molecule has 1 N–H and O–H groups in total. The first kappa shape index (κ1) is 20.2. The Hall–Kier alpha value is -3.08. The number of nitrogens with one attached hydrogen (secondary N) is 1. The number of benzene rings is 2. The summed E-state index contributed by atoms with van der Waals surface area (Å²) in [5.74, 6) is 0.0978. The van der Waals surface area contributed by atoms with Gasteiger partial charge in [0.1, 0.15) is 5.75 Å². The minimum Gasteiger partial charge on any atom is -0.493 e. The largest absolute Gasteiger partial charge is 0.493 e. The number of hydrogen-bond donors (Lipinski definition) is 1. The van der Waals surface area contributed by atoms with Gasteiger partial charge in [-0.05, 0) is 56.7 Å². The highest BCUT2D eigenvalue weighted by Crippen LogP contribution is 2.20. The van der Waals surface area contributed by atoms with Crippen LogP contribution in [0, 0.1) is 0 Å². The van der Waals surface area contributed by atoms with Crippen LogP contribution < -0.4 is 10.1 Å². The molecular formula is C22H25NO4. The molecule has 2 aromatic rings. The first-order valence-corrected chi connectivity index (χ1v) is 9.01. The van der Waals surface area contributed by atoms with Gasteiger partial charge in [-0.1, -0.05) is 25.1 Å². The van der Waals surface area contributed by atoms with Crippen molar-refractivity contribution >= 4 is 23.6 Å². The molecule has 0 aromatic heterocycles. The number of anilines is 1. The summed E-state index contributed by atoms with van der Waals surface area (Å²) in [7, 11) is 0. The van der Waals surface area contributed by atoms with E-state index in [0.717, 1.165) is 17.7 Å². The second kappa shape index (κ2) is 10.2. The number of carbonyl (C=O) groups is 2. The fourth-order valence-corrected chi connectivity index (χ4v) is 2.28. The Bertz CT molecular complexity index is 794. The van der Waals surface area contributed by atoms with Crippen LogP contribution in [0.5, 0.6) is 5.75 Å². The summed E-state index contributed by atoms with van der Waals surface area (Å²) in [5, 5.41) is 2.76. The molecule has 0 heterocycles. The quantitative estimate of drug-likeness (QED) is 0.543. The predicted octanol–water partition coefficient (Wildman–Crippen LogP) is 4.69. The summed E-state index contributed by atoms with van der Waals surface area (Å²) in [5.41, 5.74) is 1.88. The molecule has 0 aliphatic carbocycles. The van der Waals surface area contributed by atoms with Gasteiger partial charge in [-0.2, -0.15) is 0 Å². The molecule has 0 saturated heterocycles. The standard InChI is InChI=1S/C22H25NO4/c1-4-15-26-20-8-6-5-7-17(20)11-14-21(24)23-19-12-9-18(10-13-19)22(25)27-16(2)3/h5-14,16H,4,15H2,1-3H3,(H,23,24). The van der Waals surface area contributed by atoms with Crippen molar-refractivity contribution in [2.45, 2.75) is 33.3 Å². The van der Waals surface area contributed by atoms with Crippen molar-refractivity contribution in [2.24, 2.45) is 0 Å². The lowest BCUT2D eigenvalue weighted by atomic mass is 10.2. The van der Waals surface area contributed by atoms with Crippen LogP contribution in [0.2, 0.25) is 0 Å². The Balaban J connectivity index is 1.98. The van der Waals surface area contributed by atoms with Crippen LogP contribution in [0.4, 0.5) is 5.69 Å². The molecule has 5 heteroatoms. The fraction of sp³-hybridized carbons (Fsp3) is 0.273. The number of esters is 1.